The van der Waals surface area contributed by atoms with E-state index in [1.165, 1.54) is 17.0 Å². The standard InChI is InChI=1S/C17H24N8O2/c1-12-8-15(27)25(11-19-12)10-14(26)18-9-13-20-16(23(2)3)22-17(21-13)24-6-4-5-7-24/h8,11H,4-7,9-10H2,1-3H3,(H,18,26). The van der Waals surface area contributed by atoms with Crippen molar-refractivity contribution in [3.8, 4) is 0 Å². The van der Waals surface area contributed by atoms with Crippen molar-refractivity contribution in [2.75, 3.05) is 37.0 Å². The fourth-order valence-corrected chi connectivity index (χ4v) is 2.76. The maximum atomic E-state index is 12.2. The quantitative estimate of drug-likeness (QED) is 0.737. The lowest BCUT2D eigenvalue weighted by Gasteiger charge is -2.19. The van der Waals surface area contributed by atoms with E-state index in [-0.39, 0.29) is 24.6 Å². The van der Waals surface area contributed by atoms with Gasteiger partial charge in [-0.05, 0) is 19.8 Å². The number of amides is 1. The van der Waals surface area contributed by atoms with E-state index in [9.17, 15) is 9.59 Å². The highest BCUT2D eigenvalue weighted by molar-refractivity contribution is 5.75. The first-order valence-corrected chi connectivity index (χ1v) is 8.89. The monoisotopic (exact) mass is 372 g/mol. The van der Waals surface area contributed by atoms with Crippen molar-refractivity contribution in [1.29, 1.82) is 0 Å². The fourth-order valence-electron chi connectivity index (χ4n) is 2.76. The molecule has 1 fully saturated rings. The molecule has 0 atom stereocenters. The summed E-state index contributed by atoms with van der Waals surface area (Å²) < 4.78 is 1.26. The molecule has 0 saturated carbocycles. The van der Waals surface area contributed by atoms with Gasteiger partial charge in [-0.25, -0.2) is 4.98 Å². The first-order valence-electron chi connectivity index (χ1n) is 8.89. The van der Waals surface area contributed by atoms with E-state index < -0.39 is 0 Å². The van der Waals surface area contributed by atoms with Crippen LogP contribution in [-0.2, 0) is 17.9 Å². The van der Waals surface area contributed by atoms with E-state index in [0.717, 1.165) is 25.9 Å². The molecule has 1 aliphatic heterocycles. The Hall–Kier alpha value is -3.04. The van der Waals surface area contributed by atoms with E-state index in [1.54, 1.807) is 6.92 Å². The predicted octanol–water partition coefficient (Wildman–Crippen LogP) is -0.281. The minimum absolute atomic E-state index is 0.100. The fraction of sp³-hybridized carbons (Fsp3) is 0.529. The number of nitrogens with zero attached hydrogens (tertiary/aromatic N) is 7. The Kier molecular flexibility index (Phi) is 5.63. The molecule has 1 saturated heterocycles. The van der Waals surface area contributed by atoms with Gasteiger partial charge in [0.15, 0.2) is 5.82 Å². The van der Waals surface area contributed by atoms with Crippen molar-refractivity contribution < 1.29 is 4.79 Å². The summed E-state index contributed by atoms with van der Waals surface area (Å²) in [5.74, 6) is 1.36. The number of aryl methyl sites for hydroxylation is 1. The molecule has 10 nitrogen and oxygen atoms in total. The number of carbonyl (C=O) groups excluding carboxylic acids is 1. The lowest BCUT2D eigenvalue weighted by atomic mass is 10.4. The van der Waals surface area contributed by atoms with E-state index in [1.807, 2.05) is 19.0 Å². The van der Waals surface area contributed by atoms with Gasteiger partial charge in [0, 0.05) is 38.9 Å². The Labute approximate surface area is 157 Å². The summed E-state index contributed by atoms with van der Waals surface area (Å²) in [4.78, 5) is 45.4. The summed E-state index contributed by atoms with van der Waals surface area (Å²) in [6.45, 7) is 3.64. The van der Waals surface area contributed by atoms with Gasteiger partial charge in [0.1, 0.15) is 6.54 Å². The van der Waals surface area contributed by atoms with E-state index >= 15 is 0 Å². The van der Waals surface area contributed by atoms with Crippen LogP contribution >= 0.6 is 0 Å². The Morgan fingerprint density at radius 3 is 2.63 bits per heavy atom. The Morgan fingerprint density at radius 1 is 1.22 bits per heavy atom. The van der Waals surface area contributed by atoms with Crippen LogP contribution < -0.4 is 20.7 Å². The van der Waals surface area contributed by atoms with Crippen molar-refractivity contribution in [1.82, 2.24) is 29.8 Å². The molecule has 2 aromatic rings. The van der Waals surface area contributed by atoms with Crippen molar-refractivity contribution in [2.24, 2.45) is 0 Å². The van der Waals surface area contributed by atoms with Gasteiger partial charge in [-0.2, -0.15) is 15.0 Å². The van der Waals surface area contributed by atoms with Gasteiger partial charge >= 0.3 is 0 Å². The maximum absolute atomic E-state index is 12.2. The summed E-state index contributed by atoms with van der Waals surface area (Å²) in [5.41, 5.74) is 0.358. The van der Waals surface area contributed by atoms with Crippen LogP contribution in [0.4, 0.5) is 11.9 Å². The van der Waals surface area contributed by atoms with Gasteiger partial charge in [-0.3, -0.25) is 14.2 Å². The molecule has 0 bridgehead atoms. The summed E-state index contributed by atoms with van der Waals surface area (Å²) in [6.07, 6.45) is 3.61. The second-order valence-corrected chi connectivity index (χ2v) is 6.71. The van der Waals surface area contributed by atoms with Crippen LogP contribution in [0.25, 0.3) is 0 Å². The van der Waals surface area contributed by atoms with Crippen molar-refractivity contribution in [3.05, 3.63) is 34.3 Å². The molecule has 0 radical (unpaired) electrons. The van der Waals surface area contributed by atoms with Gasteiger partial charge in [-0.1, -0.05) is 0 Å². The molecule has 0 aliphatic carbocycles. The number of hydrogen-bond donors (Lipinski definition) is 1. The normalized spacial score (nSPS) is 13.7. The van der Waals surface area contributed by atoms with Crippen LogP contribution in [0, 0.1) is 6.92 Å². The predicted molar refractivity (Wildman–Crippen MR) is 101 cm³/mol. The third-order valence-electron chi connectivity index (χ3n) is 4.22. The van der Waals surface area contributed by atoms with Gasteiger partial charge in [-0.15, -0.1) is 0 Å². The molecule has 1 aliphatic rings. The van der Waals surface area contributed by atoms with Crippen LogP contribution in [0.3, 0.4) is 0 Å². The smallest absolute Gasteiger partial charge is 0.253 e. The molecule has 1 N–H and O–H groups in total. The summed E-state index contributed by atoms with van der Waals surface area (Å²) in [7, 11) is 3.73. The highest BCUT2D eigenvalue weighted by Crippen LogP contribution is 2.17. The van der Waals surface area contributed by atoms with E-state index in [2.05, 4.69) is 30.2 Å². The molecule has 0 aromatic carbocycles. The van der Waals surface area contributed by atoms with Crippen molar-refractivity contribution >= 4 is 17.8 Å². The zero-order chi connectivity index (χ0) is 19.4. The molecule has 27 heavy (non-hydrogen) atoms. The molecule has 0 unspecified atom stereocenters. The third-order valence-corrected chi connectivity index (χ3v) is 4.22. The Balaban J connectivity index is 1.69. The number of carbonyl (C=O) groups is 1. The first-order chi connectivity index (χ1) is 12.9. The zero-order valence-corrected chi connectivity index (χ0v) is 15.8. The lowest BCUT2D eigenvalue weighted by molar-refractivity contribution is -0.121. The molecule has 3 rings (SSSR count). The molecule has 2 aromatic heterocycles. The Bertz CT molecular complexity index is 873. The van der Waals surface area contributed by atoms with Crippen LogP contribution in [0.15, 0.2) is 17.2 Å². The van der Waals surface area contributed by atoms with Gasteiger partial charge in [0.25, 0.3) is 5.56 Å². The number of rotatable bonds is 6. The second-order valence-electron chi connectivity index (χ2n) is 6.71. The van der Waals surface area contributed by atoms with Crippen LogP contribution in [0.1, 0.15) is 24.4 Å². The average molecular weight is 372 g/mol. The van der Waals surface area contributed by atoms with Gasteiger partial charge in [0.2, 0.25) is 17.8 Å². The second kappa shape index (κ2) is 8.11. The molecule has 10 heteroatoms. The van der Waals surface area contributed by atoms with Crippen LogP contribution in [-0.4, -0.2) is 57.6 Å². The molecular formula is C17H24N8O2. The van der Waals surface area contributed by atoms with Gasteiger partial charge < -0.3 is 15.1 Å². The van der Waals surface area contributed by atoms with Crippen LogP contribution in [0.5, 0.6) is 0 Å². The van der Waals surface area contributed by atoms with Crippen LogP contribution in [0.2, 0.25) is 0 Å². The Morgan fingerprint density at radius 2 is 1.96 bits per heavy atom. The highest BCUT2D eigenvalue weighted by Gasteiger charge is 2.18. The number of nitrogens with one attached hydrogen (secondary N) is 1. The minimum Gasteiger partial charge on any atom is -0.347 e. The number of aromatic nitrogens is 5. The number of anilines is 2. The topological polar surface area (TPSA) is 109 Å². The molecule has 0 spiro atoms. The zero-order valence-electron chi connectivity index (χ0n) is 15.8. The summed E-state index contributed by atoms with van der Waals surface area (Å²) in [5, 5.41) is 2.76. The van der Waals surface area contributed by atoms with Gasteiger partial charge in [0.05, 0.1) is 12.9 Å². The van der Waals surface area contributed by atoms with E-state index in [4.69, 9.17) is 0 Å². The first kappa shape index (κ1) is 18.7. The molecule has 144 valence electrons. The van der Waals surface area contributed by atoms with Crippen molar-refractivity contribution in [3.63, 3.8) is 0 Å². The largest absolute Gasteiger partial charge is 0.347 e. The summed E-state index contributed by atoms with van der Waals surface area (Å²) in [6, 6.07) is 1.39. The summed E-state index contributed by atoms with van der Waals surface area (Å²) >= 11 is 0. The molecule has 3 heterocycles. The van der Waals surface area contributed by atoms with Crippen molar-refractivity contribution in [2.45, 2.75) is 32.9 Å². The molecular weight excluding hydrogens is 348 g/mol. The minimum atomic E-state index is -0.308. The average Bonchev–Trinajstić information content (AvgIpc) is 3.17. The lowest BCUT2D eigenvalue weighted by Crippen LogP contribution is -2.33. The molecule has 1 amide bonds. The highest BCUT2D eigenvalue weighted by atomic mass is 16.2. The van der Waals surface area contributed by atoms with E-state index in [0.29, 0.717) is 23.4 Å². The maximum Gasteiger partial charge on any atom is 0.253 e. The SMILES string of the molecule is Cc1cc(=O)n(CC(=O)NCc2nc(N(C)C)nc(N3CCCC3)n2)cn1. The number of hydrogen-bond acceptors (Lipinski definition) is 8. The third kappa shape index (κ3) is 4.78.